The maximum absolute atomic E-state index is 12.3. The number of hydrogen-bond donors (Lipinski definition) is 1. The van der Waals surface area contributed by atoms with Gasteiger partial charge < -0.3 is 18.9 Å². The second kappa shape index (κ2) is 7.26. The van der Waals surface area contributed by atoms with E-state index in [4.69, 9.17) is 13.9 Å². The van der Waals surface area contributed by atoms with Crippen LogP contribution >= 0.6 is 0 Å². The van der Waals surface area contributed by atoms with Crippen molar-refractivity contribution < 1.29 is 18.7 Å². The Labute approximate surface area is 142 Å². The lowest BCUT2D eigenvalue weighted by Crippen LogP contribution is -2.14. The van der Waals surface area contributed by atoms with Crippen molar-refractivity contribution in [2.45, 2.75) is 52.1 Å². The van der Waals surface area contributed by atoms with Crippen molar-refractivity contribution >= 4 is 5.97 Å². The molecular weight excluding hydrogens is 306 g/mol. The minimum atomic E-state index is -0.302. The van der Waals surface area contributed by atoms with Crippen LogP contribution in [0.5, 0.6) is 0 Å². The summed E-state index contributed by atoms with van der Waals surface area (Å²) in [6, 6.07) is 3.95. The first-order valence-electron chi connectivity index (χ1n) is 8.58. The van der Waals surface area contributed by atoms with Gasteiger partial charge in [0.25, 0.3) is 0 Å². The molecule has 2 aromatic rings. The molecule has 5 heteroatoms. The SMILES string of the molecule is Cc1c(C(=O)OCCOC(C)C)[nH]c2c1CCC(c1ccco1)C2. The van der Waals surface area contributed by atoms with Crippen molar-refractivity contribution in [3.05, 3.63) is 46.7 Å². The largest absolute Gasteiger partial charge is 0.469 e. The van der Waals surface area contributed by atoms with Crippen molar-refractivity contribution in [2.24, 2.45) is 0 Å². The average Bonchev–Trinajstić information content (AvgIpc) is 3.19. The summed E-state index contributed by atoms with van der Waals surface area (Å²) in [5, 5.41) is 0. The highest BCUT2D eigenvalue weighted by atomic mass is 16.6. The van der Waals surface area contributed by atoms with Gasteiger partial charge in [-0.2, -0.15) is 0 Å². The normalized spacial score (nSPS) is 17.1. The van der Waals surface area contributed by atoms with Crippen LogP contribution in [0.25, 0.3) is 0 Å². The molecule has 1 aliphatic carbocycles. The van der Waals surface area contributed by atoms with Crippen molar-refractivity contribution in [3.63, 3.8) is 0 Å². The maximum atomic E-state index is 12.3. The molecule has 1 unspecified atom stereocenters. The minimum Gasteiger partial charge on any atom is -0.469 e. The van der Waals surface area contributed by atoms with Gasteiger partial charge in [0.15, 0.2) is 0 Å². The number of ether oxygens (including phenoxy) is 2. The van der Waals surface area contributed by atoms with Gasteiger partial charge in [0.05, 0.1) is 19.0 Å². The Hall–Kier alpha value is -2.01. The number of nitrogens with one attached hydrogen (secondary N) is 1. The zero-order chi connectivity index (χ0) is 17.1. The molecule has 3 rings (SSSR count). The third-order valence-corrected chi connectivity index (χ3v) is 4.58. The highest BCUT2D eigenvalue weighted by molar-refractivity contribution is 5.89. The van der Waals surface area contributed by atoms with Gasteiger partial charge in [0, 0.05) is 11.6 Å². The molecule has 1 aliphatic rings. The van der Waals surface area contributed by atoms with E-state index in [2.05, 4.69) is 4.98 Å². The highest BCUT2D eigenvalue weighted by Crippen LogP contribution is 2.35. The smallest absolute Gasteiger partial charge is 0.355 e. The van der Waals surface area contributed by atoms with Crippen LogP contribution in [-0.2, 0) is 22.3 Å². The van der Waals surface area contributed by atoms with E-state index in [1.54, 1.807) is 6.26 Å². The van der Waals surface area contributed by atoms with E-state index in [1.807, 2.05) is 32.9 Å². The molecule has 1 N–H and O–H groups in total. The van der Waals surface area contributed by atoms with E-state index in [1.165, 1.54) is 5.56 Å². The highest BCUT2D eigenvalue weighted by Gasteiger charge is 2.28. The number of aromatic nitrogens is 1. The van der Waals surface area contributed by atoms with Crippen molar-refractivity contribution in [2.75, 3.05) is 13.2 Å². The zero-order valence-electron chi connectivity index (χ0n) is 14.6. The third-order valence-electron chi connectivity index (χ3n) is 4.58. The molecule has 0 spiro atoms. The number of esters is 1. The van der Waals surface area contributed by atoms with Crippen LogP contribution in [0.2, 0.25) is 0 Å². The maximum Gasteiger partial charge on any atom is 0.355 e. The topological polar surface area (TPSA) is 64.5 Å². The lowest BCUT2D eigenvalue weighted by atomic mass is 9.85. The lowest BCUT2D eigenvalue weighted by Gasteiger charge is -2.20. The van der Waals surface area contributed by atoms with Gasteiger partial charge in [-0.25, -0.2) is 4.79 Å². The van der Waals surface area contributed by atoms with E-state index < -0.39 is 0 Å². The Balaban J connectivity index is 1.65. The quantitative estimate of drug-likeness (QED) is 0.646. The van der Waals surface area contributed by atoms with Crippen molar-refractivity contribution in [1.29, 1.82) is 0 Å². The number of H-pyrrole nitrogens is 1. The summed E-state index contributed by atoms with van der Waals surface area (Å²) in [5.41, 5.74) is 3.97. The van der Waals surface area contributed by atoms with Crippen LogP contribution in [0.1, 0.15) is 59.3 Å². The Morgan fingerprint density at radius 2 is 2.25 bits per heavy atom. The van der Waals surface area contributed by atoms with Crippen LogP contribution < -0.4 is 0 Å². The number of carbonyl (C=O) groups excluding carboxylic acids is 1. The number of furan rings is 1. The second-order valence-electron chi connectivity index (χ2n) is 6.59. The van der Waals surface area contributed by atoms with Gasteiger partial charge >= 0.3 is 5.97 Å². The fourth-order valence-electron chi connectivity index (χ4n) is 3.34. The van der Waals surface area contributed by atoms with Crippen molar-refractivity contribution in [1.82, 2.24) is 4.98 Å². The van der Waals surface area contributed by atoms with Crippen LogP contribution in [0.3, 0.4) is 0 Å². The molecule has 1 atom stereocenters. The van der Waals surface area contributed by atoms with Crippen LogP contribution in [0.4, 0.5) is 0 Å². The number of aromatic amines is 1. The lowest BCUT2D eigenvalue weighted by molar-refractivity contribution is 0.0172. The van der Waals surface area contributed by atoms with Crippen LogP contribution in [0.15, 0.2) is 22.8 Å². The van der Waals surface area contributed by atoms with E-state index in [0.29, 0.717) is 18.2 Å². The van der Waals surface area contributed by atoms with Crippen LogP contribution in [0, 0.1) is 6.92 Å². The standard InChI is InChI=1S/C19H25NO4/c1-12(2)22-9-10-24-19(21)18-13(3)15-7-6-14(11-16(15)20-18)17-5-4-8-23-17/h4-5,8,12,14,20H,6-7,9-11H2,1-3H3. The molecule has 0 aliphatic heterocycles. The van der Waals surface area contributed by atoms with Gasteiger partial charge in [0.1, 0.15) is 18.1 Å². The van der Waals surface area contributed by atoms with E-state index in [-0.39, 0.29) is 18.7 Å². The van der Waals surface area contributed by atoms with Gasteiger partial charge in [-0.15, -0.1) is 0 Å². The first-order valence-corrected chi connectivity index (χ1v) is 8.58. The summed E-state index contributed by atoms with van der Waals surface area (Å²) in [7, 11) is 0. The predicted molar refractivity (Wildman–Crippen MR) is 90.4 cm³/mol. The molecule has 0 amide bonds. The van der Waals surface area contributed by atoms with E-state index in [0.717, 1.165) is 36.3 Å². The summed E-state index contributed by atoms with van der Waals surface area (Å²) >= 11 is 0. The molecule has 0 fully saturated rings. The third kappa shape index (κ3) is 3.56. The monoisotopic (exact) mass is 331 g/mol. The van der Waals surface area contributed by atoms with E-state index in [9.17, 15) is 4.79 Å². The molecule has 0 aromatic carbocycles. The summed E-state index contributed by atoms with van der Waals surface area (Å²) in [6.07, 6.45) is 4.71. The molecule has 0 radical (unpaired) electrons. The summed E-state index contributed by atoms with van der Waals surface area (Å²) in [6.45, 7) is 6.60. The Morgan fingerprint density at radius 3 is 2.96 bits per heavy atom. The first kappa shape index (κ1) is 16.8. The van der Waals surface area contributed by atoms with Gasteiger partial charge in [-0.1, -0.05) is 0 Å². The fraction of sp³-hybridized carbons (Fsp3) is 0.526. The number of fused-ring (bicyclic) bond motifs is 1. The molecule has 24 heavy (non-hydrogen) atoms. The van der Waals surface area contributed by atoms with Gasteiger partial charge in [0.2, 0.25) is 0 Å². The molecule has 2 heterocycles. The molecule has 5 nitrogen and oxygen atoms in total. The van der Waals surface area contributed by atoms with Gasteiger partial charge in [-0.3, -0.25) is 0 Å². The fourth-order valence-corrected chi connectivity index (χ4v) is 3.34. The Bertz CT molecular complexity index is 685. The zero-order valence-corrected chi connectivity index (χ0v) is 14.6. The molecule has 130 valence electrons. The minimum absolute atomic E-state index is 0.141. The Kier molecular flexibility index (Phi) is 5.09. The molecule has 2 aromatic heterocycles. The van der Waals surface area contributed by atoms with Crippen LogP contribution in [-0.4, -0.2) is 30.3 Å². The first-order chi connectivity index (χ1) is 11.6. The number of hydrogen-bond acceptors (Lipinski definition) is 4. The number of rotatable bonds is 6. The second-order valence-corrected chi connectivity index (χ2v) is 6.59. The summed E-state index contributed by atoms with van der Waals surface area (Å²) in [5.74, 6) is 1.08. The summed E-state index contributed by atoms with van der Waals surface area (Å²) in [4.78, 5) is 15.6. The average molecular weight is 331 g/mol. The molecule has 0 saturated carbocycles. The molecule has 0 bridgehead atoms. The predicted octanol–water partition coefficient (Wildman–Crippen LogP) is 3.77. The Morgan fingerprint density at radius 1 is 1.42 bits per heavy atom. The van der Waals surface area contributed by atoms with E-state index >= 15 is 0 Å². The van der Waals surface area contributed by atoms with Gasteiger partial charge in [-0.05, 0) is 63.3 Å². The molecular formula is C19H25NO4. The summed E-state index contributed by atoms with van der Waals surface area (Å²) < 4.78 is 16.3. The number of carbonyl (C=O) groups is 1. The van der Waals surface area contributed by atoms with Crippen molar-refractivity contribution in [3.8, 4) is 0 Å². The molecule has 0 saturated heterocycles.